The van der Waals surface area contributed by atoms with Gasteiger partial charge in [-0.1, -0.05) is 58.0 Å². The minimum atomic E-state index is -1.37. The third-order valence-electron chi connectivity index (χ3n) is 6.57. The number of rotatable bonds is 8. The van der Waals surface area contributed by atoms with Crippen molar-refractivity contribution < 1.29 is 9.59 Å². The van der Waals surface area contributed by atoms with Crippen molar-refractivity contribution in [2.45, 2.75) is 10.3 Å². The summed E-state index contributed by atoms with van der Waals surface area (Å²) in [6.45, 7) is 0.108. The lowest BCUT2D eigenvalue weighted by Crippen LogP contribution is -2.23. The SMILES string of the molecule is O=CC1(CNc2ccc(Cl)c(C(=O)Nc3ccc(-n4ccnc4)cc3)c2)C(c2cc(Cl)cc(Cl)c2)C1(Cl)Cl. The van der Waals surface area contributed by atoms with Crippen LogP contribution in [0.3, 0.4) is 0 Å². The van der Waals surface area contributed by atoms with E-state index in [2.05, 4.69) is 15.6 Å². The van der Waals surface area contributed by atoms with Gasteiger partial charge in [-0.25, -0.2) is 4.98 Å². The lowest BCUT2D eigenvalue weighted by atomic mass is 10.00. The Kier molecular flexibility index (Phi) is 7.37. The Labute approximate surface area is 243 Å². The molecule has 1 heterocycles. The highest BCUT2D eigenvalue weighted by atomic mass is 35.5. The second kappa shape index (κ2) is 10.4. The van der Waals surface area contributed by atoms with Crippen LogP contribution in [0.15, 0.2) is 79.4 Å². The number of hydrogen-bond donors (Lipinski definition) is 2. The number of nitrogens with zero attached hydrogens (tertiary/aromatic N) is 2. The van der Waals surface area contributed by atoms with Gasteiger partial charge in [0.1, 0.15) is 10.6 Å². The first kappa shape index (κ1) is 26.9. The van der Waals surface area contributed by atoms with Crippen LogP contribution >= 0.6 is 58.0 Å². The first-order valence-corrected chi connectivity index (χ1v) is 13.3. The second-order valence-corrected chi connectivity index (χ2v) is 11.6. The van der Waals surface area contributed by atoms with Crippen molar-refractivity contribution in [3.63, 3.8) is 0 Å². The van der Waals surface area contributed by atoms with Crippen molar-refractivity contribution in [3.8, 4) is 5.69 Å². The highest BCUT2D eigenvalue weighted by Gasteiger charge is 2.76. The van der Waals surface area contributed by atoms with E-state index >= 15 is 0 Å². The normalized spacial score (nSPS) is 19.6. The van der Waals surface area contributed by atoms with E-state index in [-0.39, 0.29) is 23.0 Å². The molecule has 2 unspecified atom stereocenters. The number of benzene rings is 3. The van der Waals surface area contributed by atoms with Crippen molar-refractivity contribution >= 4 is 81.6 Å². The fraction of sp³-hybridized carbons (Fsp3) is 0.148. The number of alkyl halides is 2. The minimum absolute atomic E-state index is 0.108. The summed E-state index contributed by atoms with van der Waals surface area (Å²) in [7, 11) is 0. The van der Waals surface area contributed by atoms with E-state index in [0.29, 0.717) is 27.0 Å². The predicted molar refractivity (Wildman–Crippen MR) is 154 cm³/mol. The van der Waals surface area contributed by atoms with Crippen LogP contribution < -0.4 is 10.6 Å². The molecule has 194 valence electrons. The smallest absolute Gasteiger partial charge is 0.257 e. The number of imidazole rings is 1. The molecular weight excluding hydrogens is 590 g/mol. The quantitative estimate of drug-likeness (QED) is 0.159. The zero-order valence-corrected chi connectivity index (χ0v) is 23.2. The average Bonchev–Trinajstić information content (AvgIpc) is 3.18. The van der Waals surface area contributed by atoms with Gasteiger partial charge in [-0.2, -0.15) is 0 Å². The molecule has 1 amide bonds. The van der Waals surface area contributed by atoms with E-state index in [4.69, 9.17) is 58.0 Å². The van der Waals surface area contributed by atoms with Crippen molar-refractivity contribution in [2.24, 2.45) is 5.41 Å². The maximum absolute atomic E-state index is 13.0. The van der Waals surface area contributed by atoms with Gasteiger partial charge in [-0.05, 0) is 66.2 Å². The Morgan fingerprint density at radius 2 is 1.66 bits per heavy atom. The number of carbonyl (C=O) groups excluding carboxylic acids is 2. The number of nitrogens with one attached hydrogen (secondary N) is 2. The third kappa shape index (κ3) is 4.99. The summed E-state index contributed by atoms with van der Waals surface area (Å²) in [6, 6.07) is 17.2. The molecule has 1 aliphatic rings. The molecule has 0 spiro atoms. The zero-order valence-electron chi connectivity index (χ0n) is 19.5. The summed E-state index contributed by atoms with van der Waals surface area (Å²) < 4.78 is 0.483. The van der Waals surface area contributed by atoms with Crippen LogP contribution in [0, 0.1) is 5.41 Å². The third-order valence-corrected chi connectivity index (χ3v) is 8.47. The molecule has 0 aliphatic heterocycles. The van der Waals surface area contributed by atoms with Crippen LogP contribution in [0.1, 0.15) is 21.8 Å². The van der Waals surface area contributed by atoms with E-state index in [0.717, 1.165) is 12.0 Å². The Morgan fingerprint density at radius 1 is 0.974 bits per heavy atom. The summed E-state index contributed by atoms with van der Waals surface area (Å²) in [6.07, 6.45) is 5.95. The summed E-state index contributed by atoms with van der Waals surface area (Å²) in [4.78, 5) is 29.3. The fourth-order valence-electron chi connectivity index (χ4n) is 4.52. The summed E-state index contributed by atoms with van der Waals surface area (Å²) in [5, 5.41) is 7.13. The molecule has 1 saturated carbocycles. The molecule has 2 N–H and O–H groups in total. The first-order chi connectivity index (χ1) is 18.1. The Bertz CT molecular complexity index is 1490. The summed E-state index contributed by atoms with van der Waals surface area (Å²) in [5.41, 5.74) is 1.85. The van der Waals surface area contributed by atoms with Gasteiger partial charge in [0.25, 0.3) is 5.91 Å². The van der Waals surface area contributed by atoms with E-state index < -0.39 is 15.7 Å². The van der Waals surface area contributed by atoms with Gasteiger partial charge < -0.3 is 20.0 Å². The molecule has 11 heteroatoms. The van der Waals surface area contributed by atoms with E-state index in [1.54, 1.807) is 61.1 Å². The van der Waals surface area contributed by atoms with Gasteiger partial charge in [0.05, 0.1) is 22.3 Å². The van der Waals surface area contributed by atoms with Crippen molar-refractivity contribution in [1.29, 1.82) is 0 Å². The molecule has 3 aromatic carbocycles. The highest BCUT2D eigenvalue weighted by Crippen LogP contribution is 2.73. The number of amides is 1. The lowest BCUT2D eigenvalue weighted by molar-refractivity contribution is -0.112. The highest BCUT2D eigenvalue weighted by molar-refractivity contribution is 6.54. The molecular formula is C27H19Cl5N4O2. The molecule has 4 aromatic rings. The summed E-state index contributed by atoms with van der Waals surface area (Å²) in [5.74, 6) is -0.916. The lowest BCUT2D eigenvalue weighted by Gasteiger charge is -2.15. The molecule has 6 nitrogen and oxygen atoms in total. The van der Waals surface area contributed by atoms with Gasteiger partial charge in [0, 0.05) is 52.0 Å². The molecule has 1 aliphatic carbocycles. The van der Waals surface area contributed by atoms with Crippen molar-refractivity contribution in [2.75, 3.05) is 17.2 Å². The van der Waals surface area contributed by atoms with Gasteiger partial charge in [0.15, 0.2) is 0 Å². The Balaban J connectivity index is 1.31. The number of aromatic nitrogens is 2. The molecule has 1 aromatic heterocycles. The number of aldehydes is 1. The predicted octanol–water partition coefficient (Wildman–Crippen LogP) is 7.65. The van der Waals surface area contributed by atoms with Crippen LogP contribution in [0.5, 0.6) is 0 Å². The monoisotopic (exact) mass is 606 g/mol. The second-order valence-electron chi connectivity index (χ2n) is 8.94. The average molecular weight is 609 g/mol. The Morgan fingerprint density at radius 3 is 2.29 bits per heavy atom. The van der Waals surface area contributed by atoms with Gasteiger partial charge in [-0.3, -0.25) is 4.79 Å². The molecule has 1 fully saturated rings. The first-order valence-electron chi connectivity index (χ1n) is 11.4. The van der Waals surface area contributed by atoms with Crippen molar-refractivity contribution in [3.05, 3.63) is 106 Å². The largest absolute Gasteiger partial charge is 0.384 e. The zero-order chi connectivity index (χ0) is 27.1. The van der Waals surface area contributed by atoms with Crippen LogP contribution in [-0.4, -0.2) is 32.6 Å². The van der Waals surface area contributed by atoms with Crippen LogP contribution in [0.2, 0.25) is 15.1 Å². The molecule has 0 radical (unpaired) electrons. The van der Waals surface area contributed by atoms with Crippen LogP contribution in [0.4, 0.5) is 11.4 Å². The Hall–Kier alpha value is -2.74. The number of anilines is 2. The number of halogens is 5. The topological polar surface area (TPSA) is 76.0 Å². The van der Waals surface area contributed by atoms with Gasteiger partial charge in [-0.15, -0.1) is 0 Å². The summed E-state index contributed by atoms with van der Waals surface area (Å²) >= 11 is 31.8. The number of hydrogen-bond acceptors (Lipinski definition) is 4. The molecule has 5 rings (SSSR count). The van der Waals surface area contributed by atoms with E-state index in [9.17, 15) is 9.59 Å². The van der Waals surface area contributed by atoms with E-state index in [1.165, 1.54) is 0 Å². The molecule has 0 bridgehead atoms. The van der Waals surface area contributed by atoms with E-state index in [1.807, 2.05) is 22.9 Å². The minimum Gasteiger partial charge on any atom is -0.384 e. The maximum atomic E-state index is 13.0. The number of carbonyl (C=O) groups is 2. The van der Waals surface area contributed by atoms with Gasteiger partial charge in [0.2, 0.25) is 0 Å². The van der Waals surface area contributed by atoms with Gasteiger partial charge >= 0.3 is 0 Å². The standard InChI is InChI=1S/C27H19Cl5N4O2/c28-17-9-16(10-18(29)11-17)24-26(14-37,27(24,31)32)13-34-20-3-6-23(30)22(12-20)25(38)35-19-1-4-21(5-2-19)36-8-7-33-15-36/h1-12,14-15,24,34H,13H2,(H,35,38). The molecule has 2 atom stereocenters. The van der Waals surface area contributed by atoms with Crippen LogP contribution in [0.25, 0.3) is 5.69 Å². The fourth-order valence-corrected chi connectivity index (χ4v) is 6.24. The van der Waals surface area contributed by atoms with Crippen LogP contribution in [-0.2, 0) is 4.79 Å². The molecule has 38 heavy (non-hydrogen) atoms. The molecule has 0 saturated heterocycles. The maximum Gasteiger partial charge on any atom is 0.257 e. The van der Waals surface area contributed by atoms with Crippen molar-refractivity contribution in [1.82, 2.24) is 9.55 Å².